The molecule has 0 unspecified atom stereocenters. The lowest BCUT2D eigenvalue weighted by Crippen LogP contribution is -2.11. The lowest BCUT2D eigenvalue weighted by atomic mass is 10.0. The Bertz CT molecular complexity index is 1570. The normalized spacial score (nSPS) is 11.3. The van der Waals surface area contributed by atoms with E-state index in [1.807, 2.05) is 55.5 Å². The van der Waals surface area contributed by atoms with Crippen LogP contribution in [0.3, 0.4) is 0 Å². The summed E-state index contributed by atoms with van der Waals surface area (Å²) < 4.78 is 7.62. The standard InChI is InChI=1S/C28H22Cl2N2O2/c1-16-13-17(9-12-25(16)34-2)15-32-23-8-3-5-20(28(31)33)27(23)19-11-10-18(14-24(19)32)26-21(29)6-4-7-22(26)30/h3-14H,15H2,1-2H3,(H2,31,33). The SMILES string of the molecule is COc1ccc(Cn2c3cc(-c4c(Cl)cccc4Cl)ccc3c3c(C(N)=O)cccc32)cc1C. The number of hydrogen-bond donors (Lipinski definition) is 1. The van der Waals surface area contributed by atoms with Gasteiger partial charge in [0.2, 0.25) is 5.91 Å². The van der Waals surface area contributed by atoms with Crippen molar-refractivity contribution >= 4 is 50.9 Å². The third-order valence-electron chi connectivity index (χ3n) is 6.21. The molecule has 0 radical (unpaired) electrons. The van der Waals surface area contributed by atoms with Gasteiger partial charge in [0.25, 0.3) is 0 Å². The van der Waals surface area contributed by atoms with Crippen LogP contribution in [0.5, 0.6) is 5.75 Å². The van der Waals surface area contributed by atoms with Crippen LogP contribution in [0.15, 0.2) is 72.8 Å². The summed E-state index contributed by atoms with van der Waals surface area (Å²) in [6, 6.07) is 23.3. The smallest absolute Gasteiger partial charge is 0.249 e. The summed E-state index contributed by atoms with van der Waals surface area (Å²) in [6.45, 7) is 2.63. The molecule has 0 saturated heterocycles. The maximum absolute atomic E-state index is 12.3. The van der Waals surface area contributed by atoms with E-state index in [4.69, 9.17) is 33.7 Å². The van der Waals surface area contributed by atoms with E-state index in [9.17, 15) is 4.79 Å². The number of amides is 1. The summed E-state index contributed by atoms with van der Waals surface area (Å²) in [5.41, 5.74) is 12.0. The molecule has 1 aromatic heterocycles. The zero-order valence-electron chi connectivity index (χ0n) is 18.7. The van der Waals surface area contributed by atoms with E-state index in [-0.39, 0.29) is 0 Å². The molecule has 0 bridgehead atoms. The molecule has 6 heteroatoms. The van der Waals surface area contributed by atoms with Crippen LogP contribution < -0.4 is 10.5 Å². The van der Waals surface area contributed by atoms with Crippen molar-refractivity contribution in [3.05, 3.63) is 99.5 Å². The number of primary amides is 1. The van der Waals surface area contributed by atoms with E-state index in [0.717, 1.165) is 49.8 Å². The first-order chi connectivity index (χ1) is 16.4. The van der Waals surface area contributed by atoms with E-state index >= 15 is 0 Å². The molecular weight excluding hydrogens is 467 g/mol. The first-order valence-electron chi connectivity index (χ1n) is 10.8. The van der Waals surface area contributed by atoms with Crippen LogP contribution in [0.1, 0.15) is 21.5 Å². The minimum atomic E-state index is -0.455. The van der Waals surface area contributed by atoms with E-state index in [0.29, 0.717) is 22.2 Å². The molecule has 1 amide bonds. The fourth-order valence-electron chi connectivity index (χ4n) is 4.67. The van der Waals surface area contributed by atoms with E-state index in [1.54, 1.807) is 13.2 Å². The van der Waals surface area contributed by atoms with Crippen LogP contribution >= 0.6 is 23.2 Å². The molecule has 34 heavy (non-hydrogen) atoms. The largest absolute Gasteiger partial charge is 0.496 e. The molecule has 2 N–H and O–H groups in total. The molecule has 0 aliphatic rings. The van der Waals surface area contributed by atoms with Crippen LogP contribution in [0.25, 0.3) is 32.9 Å². The highest BCUT2D eigenvalue weighted by Gasteiger charge is 2.18. The summed E-state index contributed by atoms with van der Waals surface area (Å²) >= 11 is 13.0. The Kier molecular flexibility index (Phi) is 5.72. The summed E-state index contributed by atoms with van der Waals surface area (Å²) in [6.07, 6.45) is 0. The van der Waals surface area contributed by atoms with Crippen molar-refractivity contribution in [2.24, 2.45) is 5.73 Å². The maximum Gasteiger partial charge on any atom is 0.249 e. The van der Waals surface area contributed by atoms with Crippen molar-refractivity contribution in [2.75, 3.05) is 7.11 Å². The van der Waals surface area contributed by atoms with Gasteiger partial charge in [-0.1, -0.05) is 59.6 Å². The van der Waals surface area contributed by atoms with Crippen molar-refractivity contribution in [2.45, 2.75) is 13.5 Å². The van der Waals surface area contributed by atoms with Crippen LogP contribution in [0, 0.1) is 6.92 Å². The third kappa shape index (κ3) is 3.69. The molecule has 4 aromatic carbocycles. The van der Waals surface area contributed by atoms with Crippen molar-refractivity contribution in [1.82, 2.24) is 4.57 Å². The number of fused-ring (bicyclic) bond motifs is 3. The molecule has 5 rings (SSSR count). The number of benzene rings is 4. The van der Waals surface area contributed by atoms with Crippen LogP contribution in [-0.2, 0) is 6.54 Å². The number of hydrogen-bond acceptors (Lipinski definition) is 2. The first kappa shape index (κ1) is 22.3. The van der Waals surface area contributed by atoms with Crippen molar-refractivity contribution < 1.29 is 9.53 Å². The number of carbonyl (C=O) groups is 1. The number of halogens is 2. The fourth-order valence-corrected chi connectivity index (χ4v) is 5.29. The fraction of sp³-hybridized carbons (Fsp3) is 0.107. The zero-order valence-corrected chi connectivity index (χ0v) is 20.2. The summed E-state index contributed by atoms with van der Waals surface area (Å²) in [7, 11) is 1.67. The summed E-state index contributed by atoms with van der Waals surface area (Å²) in [5, 5.41) is 2.95. The lowest BCUT2D eigenvalue weighted by Gasteiger charge is -2.12. The van der Waals surface area contributed by atoms with Gasteiger partial charge >= 0.3 is 0 Å². The predicted molar refractivity (Wildman–Crippen MR) is 140 cm³/mol. The minimum Gasteiger partial charge on any atom is -0.496 e. The van der Waals surface area contributed by atoms with Crippen molar-refractivity contribution in [3.63, 3.8) is 0 Å². The molecule has 0 saturated carbocycles. The summed E-state index contributed by atoms with van der Waals surface area (Å²) in [5.74, 6) is 0.390. The van der Waals surface area contributed by atoms with E-state index in [2.05, 4.69) is 22.8 Å². The van der Waals surface area contributed by atoms with Crippen molar-refractivity contribution in [3.8, 4) is 16.9 Å². The molecule has 0 fully saturated rings. The van der Waals surface area contributed by atoms with Gasteiger partial charge in [-0.15, -0.1) is 0 Å². The van der Waals surface area contributed by atoms with Crippen molar-refractivity contribution in [1.29, 1.82) is 0 Å². The zero-order chi connectivity index (χ0) is 24.0. The molecule has 170 valence electrons. The quantitative estimate of drug-likeness (QED) is 0.283. The maximum atomic E-state index is 12.3. The molecule has 0 aliphatic carbocycles. The number of nitrogens with two attached hydrogens (primary N) is 1. The Labute approximate surface area is 207 Å². The van der Waals surface area contributed by atoms with Gasteiger partial charge in [-0.05, 0) is 60.0 Å². The third-order valence-corrected chi connectivity index (χ3v) is 6.84. The molecule has 1 heterocycles. The second kappa shape index (κ2) is 8.71. The number of ether oxygens (including phenoxy) is 1. The molecular formula is C28H22Cl2N2O2. The van der Waals surface area contributed by atoms with Gasteiger partial charge in [0.1, 0.15) is 5.75 Å². The number of aryl methyl sites for hydroxylation is 1. The molecule has 0 spiro atoms. The van der Waals surface area contributed by atoms with Gasteiger partial charge < -0.3 is 15.0 Å². The molecule has 0 atom stereocenters. The Morgan fingerprint density at radius 2 is 1.68 bits per heavy atom. The van der Waals surface area contributed by atoms with Crippen LogP contribution in [0.2, 0.25) is 10.0 Å². The molecule has 4 nitrogen and oxygen atoms in total. The van der Waals surface area contributed by atoms with E-state index in [1.165, 1.54) is 0 Å². The van der Waals surface area contributed by atoms with Gasteiger partial charge in [0.15, 0.2) is 0 Å². The van der Waals surface area contributed by atoms with Crippen LogP contribution in [0.4, 0.5) is 0 Å². The highest BCUT2D eigenvalue weighted by Crippen LogP contribution is 2.39. The Morgan fingerprint density at radius 1 is 0.941 bits per heavy atom. The lowest BCUT2D eigenvalue weighted by molar-refractivity contribution is 0.100. The average Bonchev–Trinajstić information content (AvgIpc) is 3.12. The topological polar surface area (TPSA) is 57.2 Å². The number of nitrogens with zero attached hydrogens (tertiary/aromatic N) is 1. The highest BCUT2D eigenvalue weighted by atomic mass is 35.5. The molecule has 5 aromatic rings. The summed E-state index contributed by atoms with van der Waals surface area (Å²) in [4.78, 5) is 12.3. The first-order valence-corrected chi connectivity index (χ1v) is 11.6. The number of rotatable bonds is 5. The predicted octanol–water partition coefficient (Wildman–Crippen LogP) is 7.23. The van der Waals surface area contributed by atoms with Gasteiger partial charge in [-0.25, -0.2) is 0 Å². The second-order valence-corrected chi connectivity index (χ2v) is 9.10. The second-order valence-electron chi connectivity index (χ2n) is 8.28. The monoisotopic (exact) mass is 488 g/mol. The Morgan fingerprint density at radius 3 is 2.35 bits per heavy atom. The average molecular weight is 489 g/mol. The number of aromatic nitrogens is 1. The number of carbonyl (C=O) groups excluding carboxylic acids is 1. The van der Waals surface area contributed by atoms with E-state index < -0.39 is 5.91 Å². The Hall–Kier alpha value is -3.47. The highest BCUT2D eigenvalue weighted by molar-refractivity contribution is 6.39. The van der Waals surface area contributed by atoms with Crippen LogP contribution in [-0.4, -0.2) is 17.6 Å². The number of methoxy groups -OCH3 is 1. The van der Waals surface area contributed by atoms with Gasteiger partial charge in [-0.2, -0.15) is 0 Å². The van der Waals surface area contributed by atoms with Gasteiger partial charge in [0.05, 0.1) is 18.1 Å². The van der Waals surface area contributed by atoms with Gasteiger partial charge in [0, 0.05) is 38.5 Å². The van der Waals surface area contributed by atoms with Gasteiger partial charge in [-0.3, -0.25) is 4.79 Å². The molecule has 0 aliphatic heterocycles. The Balaban J connectivity index is 1.80. The minimum absolute atomic E-state index is 0.455.